The van der Waals surface area contributed by atoms with E-state index in [2.05, 4.69) is 26.0 Å². The highest BCUT2D eigenvalue weighted by atomic mass is 32.2. The zero-order chi connectivity index (χ0) is 22.9. The number of halogens is 1. The summed E-state index contributed by atoms with van der Waals surface area (Å²) in [6.07, 6.45) is 1.56. The number of carbonyl (C=O) groups is 1. The van der Waals surface area contributed by atoms with Crippen LogP contribution in [0.15, 0.2) is 52.7 Å². The average molecular weight is 460 g/mol. The monoisotopic (exact) mass is 459 g/mol. The summed E-state index contributed by atoms with van der Waals surface area (Å²) < 4.78 is 24.6. The molecule has 3 aromatic rings. The standard InChI is InChI=1S/C20H22FN7O3S/c1-30-16-8-5-14(9-17(16)31-2)11-24-25-19-26-27-20(28(19)22)32-12-18(29)23-10-13-3-6-15(21)7-4-13/h3-9,11H,10,12,22H2,1-2H3,(H,23,29)(H,25,26)/b24-11+. The lowest BCUT2D eigenvalue weighted by atomic mass is 10.2. The van der Waals surface area contributed by atoms with Crippen LogP contribution in [0.4, 0.5) is 10.3 Å². The molecular formula is C20H22FN7O3S. The number of nitrogen functional groups attached to an aromatic ring is 1. The number of hydrogen-bond donors (Lipinski definition) is 3. The maximum Gasteiger partial charge on any atom is 0.264 e. The summed E-state index contributed by atoms with van der Waals surface area (Å²) in [6, 6.07) is 11.3. The number of nitrogens with two attached hydrogens (primary N) is 1. The molecule has 32 heavy (non-hydrogen) atoms. The van der Waals surface area contributed by atoms with Crippen LogP contribution in [0.1, 0.15) is 11.1 Å². The van der Waals surface area contributed by atoms with Crippen molar-refractivity contribution in [3.8, 4) is 11.5 Å². The second kappa shape index (κ2) is 11.0. The molecule has 10 nitrogen and oxygen atoms in total. The highest BCUT2D eigenvalue weighted by Gasteiger charge is 2.12. The van der Waals surface area contributed by atoms with Crippen LogP contribution in [0.2, 0.25) is 0 Å². The fourth-order valence-corrected chi connectivity index (χ4v) is 3.22. The van der Waals surface area contributed by atoms with E-state index in [1.807, 2.05) is 6.07 Å². The van der Waals surface area contributed by atoms with Gasteiger partial charge in [-0.1, -0.05) is 23.9 Å². The zero-order valence-corrected chi connectivity index (χ0v) is 18.2. The summed E-state index contributed by atoms with van der Waals surface area (Å²) >= 11 is 1.12. The molecule has 0 atom stereocenters. The highest BCUT2D eigenvalue weighted by Crippen LogP contribution is 2.26. The maximum absolute atomic E-state index is 12.9. The van der Waals surface area contributed by atoms with E-state index in [-0.39, 0.29) is 23.4 Å². The van der Waals surface area contributed by atoms with Gasteiger partial charge < -0.3 is 20.6 Å². The number of thioether (sulfide) groups is 1. The van der Waals surface area contributed by atoms with Gasteiger partial charge >= 0.3 is 0 Å². The number of rotatable bonds is 10. The second-order valence-electron chi connectivity index (χ2n) is 6.35. The highest BCUT2D eigenvalue weighted by molar-refractivity contribution is 7.99. The molecule has 0 aliphatic carbocycles. The van der Waals surface area contributed by atoms with Gasteiger partial charge in [0.1, 0.15) is 5.82 Å². The molecular weight excluding hydrogens is 437 g/mol. The Balaban J connectivity index is 1.50. The summed E-state index contributed by atoms with van der Waals surface area (Å²) in [5, 5.41) is 15.0. The molecule has 0 saturated heterocycles. The minimum Gasteiger partial charge on any atom is -0.493 e. The first-order valence-corrected chi connectivity index (χ1v) is 10.3. The van der Waals surface area contributed by atoms with Crippen molar-refractivity contribution in [2.24, 2.45) is 5.10 Å². The second-order valence-corrected chi connectivity index (χ2v) is 7.29. The van der Waals surface area contributed by atoms with Crippen LogP contribution in [0, 0.1) is 5.82 Å². The number of hydrogen-bond acceptors (Lipinski definition) is 9. The van der Waals surface area contributed by atoms with E-state index in [0.29, 0.717) is 23.2 Å². The number of carbonyl (C=O) groups excluding carboxylic acids is 1. The van der Waals surface area contributed by atoms with Crippen LogP contribution in [-0.2, 0) is 11.3 Å². The van der Waals surface area contributed by atoms with Crippen LogP contribution in [0.5, 0.6) is 11.5 Å². The van der Waals surface area contributed by atoms with Crippen LogP contribution in [0.3, 0.4) is 0 Å². The molecule has 2 aromatic carbocycles. The van der Waals surface area contributed by atoms with E-state index in [1.54, 1.807) is 44.7 Å². The average Bonchev–Trinajstić information content (AvgIpc) is 3.16. The van der Waals surface area contributed by atoms with E-state index in [4.69, 9.17) is 15.3 Å². The van der Waals surface area contributed by atoms with Crippen molar-refractivity contribution in [2.75, 3.05) is 31.2 Å². The van der Waals surface area contributed by atoms with Crippen LogP contribution >= 0.6 is 11.8 Å². The minimum atomic E-state index is -0.324. The molecule has 0 saturated carbocycles. The number of aromatic nitrogens is 3. The molecule has 12 heteroatoms. The summed E-state index contributed by atoms with van der Waals surface area (Å²) in [5.41, 5.74) is 4.27. The SMILES string of the molecule is COc1ccc(/C=N/Nc2nnc(SCC(=O)NCc3ccc(F)cc3)n2N)cc1OC. The van der Waals surface area contributed by atoms with Gasteiger partial charge in [0.25, 0.3) is 5.95 Å². The van der Waals surface area contributed by atoms with E-state index in [0.717, 1.165) is 22.9 Å². The zero-order valence-electron chi connectivity index (χ0n) is 17.4. The van der Waals surface area contributed by atoms with Gasteiger partial charge in [-0.15, -0.1) is 10.2 Å². The smallest absolute Gasteiger partial charge is 0.264 e. The Morgan fingerprint density at radius 3 is 2.66 bits per heavy atom. The third kappa shape index (κ3) is 6.11. The van der Waals surface area contributed by atoms with Crippen LogP contribution in [-0.4, -0.2) is 47.0 Å². The molecule has 1 heterocycles. The summed E-state index contributed by atoms with van der Waals surface area (Å²) in [7, 11) is 3.11. The van der Waals surface area contributed by atoms with Gasteiger partial charge in [-0.25, -0.2) is 14.5 Å². The Morgan fingerprint density at radius 1 is 1.19 bits per heavy atom. The number of anilines is 1. The molecule has 1 aromatic heterocycles. The molecule has 0 radical (unpaired) electrons. The van der Waals surface area contributed by atoms with Gasteiger partial charge in [-0.05, 0) is 41.5 Å². The Morgan fingerprint density at radius 2 is 1.94 bits per heavy atom. The fourth-order valence-electron chi connectivity index (χ4n) is 2.53. The molecule has 0 bridgehead atoms. The number of amides is 1. The third-order valence-electron chi connectivity index (χ3n) is 4.19. The van der Waals surface area contributed by atoms with Gasteiger partial charge in [0.05, 0.1) is 26.2 Å². The van der Waals surface area contributed by atoms with Crippen molar-refractivity contribution in [1.82, 2.24) is 20.2 Å². The number of nitrogens with zero attached hydrogens (tertiary/aromatic N) is 4. The number of nitrogens with one attached hydrogen (secondary N) is 2. The number of methoxy groups -OCH3 is 2. The van der Waals surface area contributed by atoms with Crippen LogP contribution in [0.25, 0.3) is 0 Å². The first kappa shape index (κ1) is 22.9. The normalized spacial score (nSPS) is 10.8. The Hall–Kier alpha value is -3.80. The Labute approximate surface area is 188 Å². The topological polar surface area (TPSA) is 129 Å². The lowest BCUT2D eigenvalue weighted by molar-refractivity contribution is -0.118. The maximum atomic E-state index is 12.9. The van der Waals surface area contributed by atoms with Crippen molar-refractivity contribution in [3.63, 3.8) is 0 Å². The molecule has 0 unspecified atom stereocenters. The lowest BCUT2D eigenvalue weighted by Gasteiger charge is -2.07. The summed E-state index contributed by atoms with van der Waals surface area (Å²) in [4.78, 5) is 12.0. The largest absolute Gasteiger partial charge is 0.493 e. The molecule has 4 N–H and O–H groups in total. The van der Waals surface area contributed by atoms with Crippen LogP contribution < -0.4 is 26.1 Å². The quantitative estimate of drug-likeness (QED) is 0.182. The minimum absolute atomic E-state index is 0.0887. The molecule has 0 aliphatic heterocycles. The Kier molecular flexibility index (Phi) is 7.86. The predicted octanol–water partition coefficient (Wildman–Crippen LogP) is 2.00. The predicted molar refractivity (Wildman–Crippen MR) is 120 cm³/mol. The van der Waals surface area contributed by atoms with E-state index < -0.39 is 0 Å². The fraction of sp³-hybridized carbons (Fsp3) is 0.200. The van der Waals surface area contributed by atoms with Crippen molar-refractivity contribution in [1.29, 1.82) is 0 Å². The Bertz CT molecular complexity index is 1090. The molecule has 1 amide bonds. The lowest BCUT2D eigenvalue weighted by Crippen LogP contribution is -2.25. The third-order valence-corrected chi connectivity index (χ3v) is 5.13. The van der Waals surface area contributed by atoms with Gasteiger partial charge in [-0.2, -0.15) is 5.10 Å². The molecule has 0 aliphatic rings. The summed E-state index contributed by atoms with van der Waals surface area (Å²) in [5.74, 6) is 6.90. The first-order chi connectivity index (χ1) is 15.5. The van der Waals surface area contributed by atoms with Gasteiger partial charge in [0, 0.05) is 6.54 Å². The number of benzene rings is 2. The number of hydrazone groups is 1. The molecule has 0 spiro atoms. The summed E-state index contributed by atoms with van der Waals surface area (Å²) in [6.45, 7) is 0.298. The van der Waals surface area contributed by atoms with E-state index in [1.165, 1.54) is 16.8 Å². The van der Waals surface area contributed by atoms with Crippen molar-refractivity contribution < 1.29 is 18.7 Å². The van der Waals surface area contributed by atoms with Gasteiger partial charge in [-0.3, -0.25) is 4.79 Å². The van der Waals surface area contributed by atoms with E-state index >= 15 is 0 Å². The number of ether oxygens (including phenoxy) is 2. The van der Waals surface area contributed by atoms with Gasteiger partial charge in [0.2, 0.25) is 11.1 Å². The molecule has 0 fully saturated rings. The first-order valence-electron chi connectivity index (χ1n) is 9.35. The van der Waals surface area contributed by atoms with E-state index in [9.17, 15) is 9.18 Å². The van der Waals surface area contributed by atoms with Crippen molar-refractivity contribution >= 4 is 29.8 Å². The van der Waals surface area contributed by atoms with Crippen molar-refractivity contribution in [3.05, 3.63) is 59.4 Å². The molecule has 3 rings (SSSR count). The van der Waals surface area contributed by atoms with Gasteiger partial charge in [0.15, 0.2) is 11.5 Å². The molecule has 168 valence electrons. The van der Waals surface area contributed by atoms with Crippen molar-refractivity contribution in [2.45, 2.75) is 11.7 Å².